The van der Waals surface area contributed by atoms with Crippen LogP contribution < -0.4 is 10.1 Å². The summed E-state index contributed by atoms with van der Waals surface area (Å²) in [6.07, 6.45) is 0.999. The highest BCUT2D eigenvalue weighted by atomic mass is 16.6. The van der Waals surface area contributed by atoms with E-state index < -0.39 is 11.7 Å². The lowest BCUT2D eigenvalue weighted by molar-refractivity contribution is 0.0515. The molecule has 0 saturated heterocycles. The second-order valence-electron chi connectivity index (χ2n) is 8.05. The first-order chi connectivity index (χ1) is 14.6. The second kappa shape index (κ2) is 8.67. The summed E-state index contributed by atoms with van der Waals surface area (Å²) in [5.41, 5.74) is 1.89. The minimum Gasteiger partial charge on any atom is -0.461 e. The zero-order valence-corrected chi connectivity index (χ0v) is 18.6. The highest BCUT2D eigenvalue weighted by molar-refractivity contribution is 5.96. The lowest BCUT2D eigenvalue weighted by Gasteiger charge is -2.20. The number of aromatic nitrogens is 2. The van der Waals surface area contributed by atoms with Crippen LogP contribution in [-0.2, 0) is 16.5 Å². The molecule has 0 radical (unpaired) electrons. The van der Waals surface area contributed by atoms with Gasteiger partial charge in [0.1, 0.15) is 17.0 Å². The van der Waals surface area contributed by atoms with E-state index in [2.05, 4.69) is 10.3 Å². The highest BCUT2D eigenvalue weighted by Gasteiger charge is 2.19. The monoisotopic (exact) mass is 425 g/mol. The van der Waals surface area contributed by atoms with E-state index in [1.54, 1.807) is 70.6 Å². The number of carbonyl (C=O) groups excluding carboxylic acids is 2. The van der Waals surface area contributed by atoms with Crippen LogP contribution in [0.1, 0.15) is 43.7 Å². The molecule has 1 N–H and O–H groups in total. The summed E-state index contributed by atoms with van der Waals surface area (Å²) in [4.78, 5) is 28.5. The highest BCUT2D eigenvalue weighted by Crippen LogP contribution is 2.30. The van der Waals surface area contributed by atoms with Gasteiger partial charge in [0.05, 0.1) is 17.8 Å². The number of fused-ring (bicyclic) bond motifs is 1. The summed E-state index contributed by atoms with van der Waals surface area (Å²) >= 11 is 0. The Hall–Kier alpha value is -3.55. The number of amides is 1. The van der Waals surface area contributed by atoms with Gasteiger partial charge in [-0.15, -0.1) is 0 Å². The number of hydrogen-bond donors (Lipinski definition) is 1. The molecule has 0 aliphatic rings. The van der Waals surface area contributed by atoms with Crippen LogP contribution in [0.15, 0.2) is 36.5 Å². The number of esters is 1. The summed E-state index contributed by atoms with van der Waals surface area (Å²) < 4.78 is 18.2. The zero-order valence-electron chi connectivity index (χ0n) is 18.6. The van der Waals surface area contributed by atoms with Crippen LogP contribution in [0.2, 0.25) is 0 Å². The van der Waals surface area contributed by atoms with Gasteiger partial charge in [-0.2, -0.15) is 0 Å². The summed E-state index contributed by atoms with van der Waals surface area (Å²) in [6.45, 7) is 9.28. The van der Waals surface area contributed by atoms with Crippen LogP contribution in [0, 0.1) is 6.92 Å². The topological polar surface area (TPSA) is 91.7 Å². The molecule has 0 aliphatic carbocycles. The third-order valence-electron chi connectivity index (χ3n) is 4.51. The minimum absolute atomic E-state index is 0.313. The normalized spacial score (nSPS) is 11.3. The molecule has 8 nitrogen and oxygen atoms in total. The van der Waals surface area contributed by atoms with E-state index in [0.717, 1.165) is 10.9 Å². The molecule has 0 bridgehead atoms. The van der Waals surface area contributed by atoms with Gasteiger partial charge in [-0.3, -0.25) is 5.32 Å². The molecule has 1 aromatic carbocycles. The lowest BCUT2D eigenvalue weighted by Crippen LogP contribution is -2.27. The predicted octanol–water partition coefficient (Wildman–Crippen LogP) is 5.20. The summed E-state index contributed by atoms with van der Waals surface area (Å²) in [5.74, 6) is 0.531. The number of rotatable bonds is 5. The van der Waals surface area contributed by atoms with Crippen molar-refractivity contribution in [2.45, 2.75) is 40.2 Å². The van der Waals surface area contributed by atoms with Gasteiger partial charge in [-0.25, -0.2) is 14.6 Å². The van der Waals surface area contributed by atoms with E-state index in [1.165, 1.54) is 0 Å². The largest absolute Gasteiger partial charge is 0.461 e. The number of carbonyl (C=O) groups is 2. The van der Waals surface area contributed by atoms with Crippen molar-refractivity contribution >= 4 is 28.7 Å². The average molecular weight is 425 g/mol. The molecule has 164 valence electrons. The summed E-state index contributed by atoms with van der Waals surface area (Å²) in [7, 11) is 1.80. The first-order valence-electron chi connectivity index (χ1n) is 9.99. The fraction of sp³-hybridized carbons (Fsp3) is 0.348. The summed E-state index contributed by atoms with van der Waals surface area (Å²) in [5, 5.41) is 3.61. The predicted molar refractivity (Wildman–Crippen MR) is 118 cm³/mol. The fourth-order valence-corrected chi connectivity index (χ4v) is 3.05. The quantitative estimate of drug-likeness (QED) is 0.565. The van der Waals surface area contributed by atoms with Crippen molar-refractivity contribution in [1.82, 2.24) is 9.55 Å². The molecular weight excluding hydrogens is 398 g/mol. The molecule has 3 aromatic rings. The SMILES string of the molecule is CCOC(=O)c1cc2ccc(Oc3nccc(NC(=O)OC(C)(C)C)c3C)cc2n1C. The van der Waals surface area contributed by atoms with Crippen molar-refractivity contribution in [2.24, 2.45) is 7.05 Å². The molecular formula is C23H27N3O5. The molecule has 0 unspecified atom stereocenters. The number of benzene rings is 1. The molecule has 0 saturated carbocycles. The molecule has 31 heavy (non-hydrogen) atoms. The number of nitrogens with zero attached hydrogens (tertiary/aromatic N) is 2. The first kappa shape index (κ1) is 22.1. The molecule has 1 amide bonds. The first-order valence-corrected chi connectivity index (χ1v) is 9.99. The van der Waals surface area contributed by atoms with Crippen LogP contribution in [0.4, 0.5) is 10.5 Å². The maximum Gasteiger partial charge on any atom is 0.412 e. The Morgan fingerprint density at radius 3 is 2.58 bits per heavy atom. The Kier molecular flexibility index (Phi) is 6.19. The van der Waals surface area contributed by atoms with Crippen LogP contribution >= 0.6 is 0 Å². The lowest BCUT2D eigenvalue weighted by atomic mass is 10.2. The summed E-state index contributed by atoms with van der Waals surface area (Å²) in [6, 6.07) is 8.95. The van der Waals surface area contributed by atoms with Crippen molar-refractivity contribution < 1.29 is 23.8 Å². The number of anilines is 1. The Bertz CT molecular complexity index is 1130. The van der Waals surface area contributed by atoms with Crippen LogP contribution in [0.25, 0.3) is 10.9 Å². The average Bonchev–Trinajstić information content (AvgIpc) is 3.00. The van der Waals surface area contributed by atoms with Crippen molar-refractivity contribution in [2.75, 3.05) is 11.9 Å². The van der Waals surface area contributed by atoms with Crippen molar-refractivity contribution in [3.8, 4) is 11.6 Å². The Morgan fingerprint density at radius 1 is 1.16 bits per heavy atom. The van der Waals surface area contributed by atoms with E-state index in [1.807, 2.05) is 12.1 Å². The number of hydrogen-bond acceptors (Lipinski definition) is 6. The Balaban J connectivity index is 1.84. The van der Waals surface area contributed by atoms with Gasteiger partial charge in [0, 0.05) is 30.3 Å². The van der Waals surface area contributed by atoms with Gasteiger partial charge in [0.2, 0.25) is 5.88 Å². The van der Waals surface area contributed by atoms with Gasteiger partial charge in [-0.05, 0) is 58.9 Å². The van der Waals surface area contributed by atoms with E-state index in [-0.39, 0.29) is 5.97 Å². The van der Waals surface area contributed by atoms with Crippen molar-refractivity contribution in [1.29, 1.82) is 0 Å². The van der Waals surface area contributed by atoms with Crippen molar-refractivity contribution in [3.63, 3.8) is 0 Å². The third kappa shape index (κ3) is 5.14. The van der Waals surface area contributed by atoms with E-state index in [9.17, 15) is 9.59 Å². The molecule has 0 fully saturated rings. The number of pyridine rings is 1. The van der Waals surface area contributed by atoms with Crippen LogP contribution in [0.3, 0.4) is 0 Å². The molecule has 0 aliphatic heterocycles. The molecule has 0 spiro atoms. The maximum atomic E-state index is 12.1. The van der Waals surface area contributed by atoms with Gasteiger partial charge in [0.15, 0.2) is 0 Å². The Labute approximate surface area is 181 Å². The van der Waals surface area contributed by atoms with Gasteiger partial charge >= 0.3 is 12.1 Å². The molecule has 2 aromatic heterocycles. The van der Waals surface area contributed by atoms with E-state index >= 15 is 0 Å². The van der Waals surface area contributed by atoms with Gasteiger partial charge in [0.25, 0.3) is 0 Å². The second-order valence-corrected chi connectivity index (χ2v) is 8.05. The van der Waals surface area contributed by atoms with Crippen molar-refractivity contribution in [3.05, 3.63) is 47.8 Å². The molecule has 8 heteroatoms. The Morgan fingerprint density at radius 2 is 1.90 bits per heavy atom. The minimum atomic E-state index is -0.600. The number of ether oxygens (including phenoxy) is 3. The molecule has 3 rings (SSSR count). The number of aryl methyl sites for hydroxylation is 1. The fourth-order valence-electron chi connectivity index (χ4n) is 3.05. The zero-order chi connectivity index (χ0) is 22.8. The molecule has 2 heterocycles. The molecule has 0 atom stereocenters. The van der Waals surface area contributed by atoms with E-state index in [0.29, 0.717) is 35.2 Å². The smallest absolute Gasteiger partial charge is 0.412 e. The van der Waals surface area contributed by atoms with Gasteiger partial charge < -0.3 is 18.8 Å². The van der Waals surface area contributed by atoms with Crippen LogP contribution in [0.5, 0.6) is 11.6 Å². The standard InChI is InChI=1S/C23H27N3O5/c1-7-29-21(27)19-12-15-8-9-16(13-18(15)26(19)6)30-20-14(2)17(10-11-24-20)25-22(28)31-23(3,4)5/h8-13H,7H2,1-6H3,(H,24,25,28). The van der Waals surface area contributed by atoms with Crippen LogP contribution in [-0.4, -0.2) is 33.8 Å². The third-order valence-corrected chi connectivity index (χ3v) is 4.51. The van der Waals surface area contributed by atoms with Gasteiger partial charge in [-0.1, -0.05) is 0 Å². The maximum absolute atomic E-state index is 12.1. The number of nitrogens with one attached hydrogen (secondary N) is 1. The van der Waals surface area contributed by atoms with E-state index in [4.69, 9.17) is 14.2 Å².